The predicted octanol–water partition coefficient (Wildman–Crippen LogP) is 5.32. The molecule has 0 unspecified atom stereocenters. The van der Waals surface area contributed by atoms with Crippen LogP contribution >= 0.6 is 22.9 Å². The summed E-state index contributed by atoms with van der Waals surface area (Å²) in [6.45, 7) is 0. The molecule has 4 rings (SSSR count). The van der Waals surface area contributed by atoms with Crippen LogP contribution in [0.2, 0.25) is 5.02 Å². The van der Waals surface area contributed by atoms with Gasteiger partial charge in [-0.05, 0) is 41.1 Å². The number of carbonyl (C=O) groups excluding carboxylic acids is 1. The maximum Gasteiger partial charge on any atom is 0.283 e. The van der Waals surface area contributed by atoms with E-state index in [9.17, 15) is 14.3 Å². The molecule has 0 fully saturated rings. The van der Waals surface area contributed by atoms with E-state index < -0.39 is 11.7 Å². The second kappa shape index (κ2) is 6.98. The van der Waals surface area contributed by atoms with Crippen LogP contribution in [0.4, 0.5) is 4.39 Å². The summed E-state index contributed by atoms with van der Waals surface area (Å²) < 4.78 is 13.9. The number of phenolic OH excluding ortho intramolecular Hbond substituents is 1. The molecule has 0 saturated heterocycles. The molecule has 0 aliphatic rings. The molecule has 0 atom stereocenters. The SMILES string of the molecule is O=C(NN=Cc1cc2ccccc2cc1O)c1sc2cc(F)ccc2c1Cl. The van der Waals surface area contributed by atoms with Crippen LogP contribution in [-0.2, 0) is 0 Å². The van der Waals surface area contributed by atoms with Gasteiger partial charge in [-0.25, -0.2) is 9.82 Å². The van der Waals surface area contributed by atoms with Crippen LogP contribution < -0.4 is 5.43 Å². The molecule has 0 saturated carbocycles. The first-order chi connectivity index (χ1) is 13.0. The summed E-state index contributed by atoms with van der Waals surface area (Å²) in [6, 6.07) is 15.2. The van der Waals surface area contributed by atoms with E-state index >= 15 is 0 Å². The number of halogens is 2. The smallest absolute Gasteiger partial charge is 0.283 e. The number of nitrogens with zero attached hydrogens (tertiary/aromatic N) is 1. The van der Waals surface area contributed by atoms with Gasteiger partial charge in [0, 0.05) is 15.6 Å². The van der Waals surface area contributed by atoms with E-state index in [0.717, 1.165) is 22.1 Å². The Labute approximate surface area is 162 Å². The number of hydrogen-bond acceptors (Lipinski definition) is 4. The molecule has 3 aromatic carbocycles. The van der Waals surface area contributed by atoms with Gasteiger partial charge >= 0.3 is 0 Å². The van der Waals surface area contributed by atoms with Gasteiger partial charge in [-0.2, -0.15) is 5.10 Å². The van der Waals surface area contributed by atoms with Crippen molar-refractivity contribution in [2.75, 3.05) is 0 Å². The van der Waals surface area contributed by atoms with Crippen LogP contribution in [0.25, 0.3) is 20.9 Å². The molecule has 4 aromatic rings. The van der Waals surface area contributed by atoms with Crippen LogP contribution in [0.3, 0.4) is 0 Å². The van der Waals surface area contributed by atoms with Crippen molar-refractivity contribution in [3.05, 3.63) is 75.9 Å². The zero-order valence-corrected chi connectivity index (χ0v) is 15.3. The van der Waals surface area contributed by atoms with Crippen molar-refractivity contribution in [2.24, 2.45) is 5.10 Å². The summed E-state index contributed by atoms with van der Waals surface area (Å²) in [7, 11) is 0. The molecule has 1 amide bonds. The summed E-state index contributed by atoms with van der Waals surface area (Å²) in [4.78, 5) is 12.6. The number of thiophene rings is 1. The van der Waals surface area contributed by atoms with Crippen LogP contribution in [0.15, 0.2) is 59.7 Å². The number of carbonyl (C=O) groups is 1. The molecule has 27 heavy (non-hydrogen) atoms. The van der Waals surface area contributed by atoms with Gasteiger partial charge in [0.05, 0.1) is 11.2 Å². The van der Waals surface area contributed by atoms with E-state index in [4.69, 9.17) is 11.6 Å². The monoisotopic (exact) mass is 398 g/mol. The zero-order valence-electron chi connectivity index (χ0n) is 13.7. The fraction of sp³-hybridized carbons (Fsp3) is 0. The standard InChI is InChI=1S/C20H12ClFN2O2S/c21-18-15-6-5-14(22)9-17(15)27-19(18)20(26)24-23-10-13-7-11-3-1-2-4-12(11)8-16(13)25/h1-10,25H,(H,24,26). The Morgan fingerprint density at radius 2 is 1.89 bits per heavy atom. The van der Waals surface area contributed by atoms with E-state index in [1.165, 1.54) is 24.4 Å². The third-order valence-corrected chi connectivity index (χ3v) is 5.72. The minimum atomic E-state index is -0.502. The van der Waals surface area contributed by atoms with Gasteiger partial charge in [-0.1, -0.05) is 35.9 Å². The van der Waals surface area contributed by atoms with E-state index in [-0.39, 0.29) is 15.6 Å². The second-order valence-corrected chi connectivity index (χ2v) is 7.27. The highest BCUT2D eigenvalue weighted by Gasteiger charge is 2.17. The Kier molecular flexibility index (Phi) is 4.51. The first kappa shape index (κ1) is 17.5. The van der Waals surface area contributed by atoms with Crippen molar-refractivity contribution >= 4 is 55.9 Å². The van der Waals surface area contributed by atoms with Crippen LogP contribution in [0, 0.1) is 5.82 Å². The molecular weight excluding hydrogens is 387 g/mol. The summed E-state index contributed by atoms with van der Waals surface area (Å²) in [6.07, 6.45) is 1.36. The van der Waals surface area contributed by atoms with Gasteiger partial charge in [-0.3, -0.25) is 4.79 Å². The van der Waals surface area contributed by atoms with Gasteiger partial charge in [0.2, 0.25) is 0 Å². The van der Waals surface area contributed by atoms with Gasteiger partial charge in [0.15, 0.2) is 0 Å². The quantitative estimate of drug-likeness (QED) is 0.362. The summed E-state index contributed by atoms with van der Waals surface area (Å²) in [5.41, 5.74) is 2.86. The Morgan fingerprint density at radius 1 is 1.15 bits per heavy atom. The Bertz CT molecular complexity index is 1220. The Balaban J connectivity index is 1.57. The third-order valence-electron chi connectivity index (χ3n) is 4.06. The van der Waals surface area contributed by atoms with Crippen molar-refractivity contribution < 1.29 is 14.3 Å². The number of benzene rings is 3. The number of amides is 1. The predicted molar refractivity (Wildman–Crippen MR) is 107 cm³/mol. The van der Waals surface area contributed by atoms with E-state index in [2.05, 4.69) is 10.5 Å². The van der Waals surface area contributed by atoms with Crippen LogP contribution in [0.1, 0.15) is 15.2 Å². The summed E-state index contributed by atoms with van der Waals surface area (Å²) in [5, 5.41) is 16.7. The first-order valence-corrected chi connectivity index (χ1v) is 9.15. The Hall–Kier alpha value is -2.96. The molecule has 0 aliphatic heterocycles. The number of fused-ring (bicyclic) bond motifs is 2. The maximum absolute atomic E-state index is 13.3. The zero-order chi connectivity index (χ0) is 19.0. The van der Waals surface area contributed by atoms with Crippen molar-refractivity contribution in [2.45, 2.75) is 0 Å². The van der Waals surface area contributed by atoms with Gasteiger partial charge in [0.1, 0.15) is 16.4 Å². The van der Waals surface area contributed by atoms with E-state index in [0.29, 0.717) is 15.6 Å². The lowest BCUT2D eigenvalue weighted by Gasteiger charge is -2.03. The number of nitrogens with one attached hydrogen (secondary N) is 1. The molecule has 134 valence electrons. The highest BCUT2D eigenvalue weighted by atomic mass is 35.5. The number of hydrazone groups is 1. The normalized spacial score (nSPS) is 11.5. The van der Waals surface area contributed by atoms with E-state index in [1.54, 1.807) is 12.1 Å². The van der Waals surface area contributed by atoms with Gasteiger partial charge in [-0.15, -0.1) is 11.3 Å². The fourth-order valence-corrected chi connectivity index (χ4v) is 4.18. The summed E-state index contributed by atoms with van der Waals surface area (Å²) >= 11 is 7.32. The Morgan fingerprint density at radius 3 is 2.67 bits per heavy atom. The van der Waals surface area contributed by atoms with Crippen molar-refractivity contribution in [3.63, 3.8) is 0 Å². The molecule has 1 heterocycles. The maximum atomic E-state index is 13.3. The number of rotatable bonds is 3. The summed E-state index contributed by atoms with van der Waals surface area (Å²) in [5.74, 6) is -0.836. The molecule has 0 bridgehead atoms. The highest BCUT2D eigenvalue weighted by molar-refractivity contribution is 7.21. The van der Waals surface area contributed by atoms with Crippen molar-refractivity contribution in [1.29, 1.82) is 0 Å². The fourth-order valence-electron chi connectivity index (χ4n) is 2.75. The molecule has 1 aromatic heterocycles. The van der Waals surface area contributed by atoms with E-state index in [1.807, 2.05) is 24.3 Å². The number of hydrogen-bond donors (Lipinski definition) is 2. The lowest BCUT2D eigenvalue weighted by atomic mass is 10.1. The number of aromatic hydroxyl groups is 1. The van der Waals surface area contributed by atoms with Crippen LogP contribution in [0.5, 0.6) is 5.75 Å². The first-order valence-electron chi connectivity index (χ1n) is 7.95. The molecule has 4 nitrogen and oxygen atoms in total. The minimum Gasteiger partial charge on any atom is -0.507 e. The second-order valence-electron chi connectivity index (χ2n) is 5.84. The van der Waals surface area contributed by atoms with Gasteiger partial charge in [0.25, 0.3) is 5.91 Å². The molecule has 0 spiro atoms. The molecule has 7 heteroatoms. The molecular formula is C20H12ClFN2O2S. The minimum absolute atomic E-state index is 0.0575. The van der Waals surface area contributed by atoms with Crippen LogP contribution in [-0.4, -0.2) is 17.2 Å². The third kappa shape index (κ3) is 3.37. The molecule has 2 N–H and O–H groups in total. The van der Waals surface area contributed by atoms with Crippen molar-refractivity contribution in [1.82, 2.24) is 5.43 Å². The average Bonchev–Trinajstić information content (AvgIpc) is 2.98. The topological polar surface area (TPSA) is 61.7 Å². The molecule has 0 radical (unpaired) electrons. The van der Waals surface area contributed by atoms with Gasteiger partial charge < -0.3 is 5.11 Å². The number of phenols is 1. The highest BCUT2D eigenvalue weighted by Crippen LogP contribution is 2.35. The lowest BCUT2D eigenvalue weighted by molar-refractivity contribution is 0.0959. The lowest BCUT2D eigenvalue weighted by Crippen LogP contribution is -2.16. The molecule has 0 aliphatic carbocycles. The van der Waals surface area contributed by atoms with Crippen molar-refractivity contribution in [3.8, 4) is 5.75 Å². The average molecular weight is 399 g/mol. The largest absolute Gasteiger partial charge is 0.507 e.